The van der Waals surface area contributed by atoms with Gasteiger partial charge >= 0.3 is 0 Å². The normalized spacial score (nSPS) is 16.1. The predicted octanol–water partition coefficient (Wildman–Crippen LogP) is 2.91. The number of ether oxygens (including phenoxy) is 1. The summed E-state index contributed by atoms with van der Waals surface area (Å²) in [4.78, 5) is 29.5. The van der Waals surface area contributed by atoms with Gasteiger partial charge in [-0.3, -0.25) is 9.59 Å². The molecule has 0 spiro atoms. The third-order valence-electron chi connectivity index (χ3n) is 6.86. The van der Waals surface area contributed by atoms with Crippen LogP contribution in [0.15, 0.2) is 36.4 Å². The highest BCUT2D eigenvalue weighted by Gasteiger charge is 2.31. The highest BCUT2D eigenvalue weighted by Crippen LogP contribution is 2.28. The molecular weight excluding hydrogens is 474 g/mol. The first-order valence-electron chi connectivity index (χ1n) is 12.8. The number of hydrogen-bond acceptors (Lipinski definition) is 4. The summed E-state index contributed by atoms with van der Waals surface area (Å²) in [6.45, 7) is 10.4. The molecule has 0 unspecified atom stereocenters. The van der Waals surface area contributed by atoms with Crippen LogP contribution in [0.4, 0.5) is 0 Å². The van der Waals surface area contributed by atoms with E-state index in [0.29, 0.717) is 35.2 Å². The molecule has 2 aromatic rings. The average Bonchev–Trinajstić information content (AvgIpc) is 3.66. The van der Waals surface area contributed by atoms with Gasteiger partial charge in [-0.2, -0.15) is 0 Å². The van der Waals surface area contributed by atoms with E-state index in [1.54, 1.807) is 24.3 Å². The number of likely N-dealkylation sites (tertiary alicyclic amines) is 1. The minimum absolute atomic E-state index is 0.0412. The number of nitrogens with one attached hydrogen (secondary N) is 1. The second-order valence-electron chi connectivity index (χ2n) is 9.94. The number of halogens is 1. The Hall–Kier alpha value is -2.83. The quantitative estimate of drug-likeness (QED) is 0.473. The van der Waals surface area contributed by atoms with Gasteiger partial charge in [-0.25, -0.2) is 0 Å². The molecule has 36 heavy (non-hydrogen) atoms. The van der Waals surface area contributed by atoms with Crippen LogP contribution in [-0.4, -0.2) is 68.1 Å². The summed E-state index contributed by atoms with van der Waals surface area (Å²) in [5.41, 5.74) is 2.35. The Bertz CT molecular complexity index is 1190. The van der Waals surface area contributed by atoms with Crippen LogP contribution in [0.25, 0.3) is 12.8 Å². The molecule has 1 heterocycles. The third kappa shape index (κ3) is 6.68. The number of amides is 2. The fourth-order valence-corrected chi connectivity index (χ4v) is 4.77. The molecular formula is C29H36ClN3O3. The molecule has 2 fully saturated rings. The molecule has 0 aromatic heterocycles. The van der Waals surface area contributed by atoms with Crippen LogP contribution in [0, 0.1) is 11.8 Å². The Morgan fingerprint density at radius 2 is 1.89 bits per heavy atom. The van der Waals surface area contributed by atoms with Crippen molar-refractivity contribution in [3.05, 3.63) is 68.5 Å². The summed E-state index contributed by atoms with van der Waals surface area (Å²) < 4.78 is 5.63. The number of hydrogen-bond donors (Lipinski definition) is 1. The second-order valence-corrected chi connectivity index (χ2v) is 10.4. The van der Waals surface area contributed by atoms with Gasteiger partial charge in [0.25, 0.3) is 11.8 Å². The van der Waals surface area contributed by atoms with Gasteiger partial charge < -0.3 is 19.9 Å². The lowest BCUT2D eigenvalue weighted by atomic mass is 9.97. The fraction of sp³-hybridized carbons (Fsp3) is 0.448. The Labute approximate surface area is 218 Å². The first kappa shape index (κ1) is 26.2. The number of carbonyl (C=O) groups is 2. The molecule has 1 aliphatic heterocycles. The standard InChI is InChI=1S/C29H36ClN3O3/c1-4-25-26(28(34)31-13-14-36-19-21-6-7-21)12-5-20(2)27(25)18-32(3)15-22-16-33(17-22)29(35)23-8-10-24(30)11-9-23/h5,8-12,18,21-22H,2,4,6-7,13-17,19H2,1,3H3,(H,31,34)/b27-18+. The molecule has 1 saturated carbocycles. The Kier molecular flexibility index (Phi) is 8.70. The molecule has 1 aliphatic carbocycles. The van der Waals surface area contributed by atoms with Crippen molar-refractivity contribution in [3.8, 4) is 0 Å². The third-order valence-corrected chi connectivity index (χ3v) is 7.11. The maximum absolute atomic E-state index is 12.9. The van der Waals surface area contributed by atoms with Crippen molar-refractivity contribution < 1.29 is 14.3 Å². The van der Waals surface area contributed by atoms with E-state index in [1.807, 2.05) is 24.1 Å². The van der Waals surface area contributed by atoms with E-state index in [4.69, 9.17) is 16.3 Å². The van der Waals surface area contributed by atoms with Crippen LogP contribution in [0.3, 0.4) is 0 Å². The van der Waals surface area contributed by atoms with Gasteiger partial charge in [0.2, 0.25) is 0 Å². The number of carbonyl (C=O) groups excluding carboxylic acids is 2. The zero-order valence-corrected chi connectivity index (χ0v) is 22.0. The first-order chi connectivity index (χ1) is 17.4. The van der Waals surface area contributed by atoms with E-state index in [-0.39, 0.29) is 11.8 Å². The van der Waals surface area contributed by atoms with Crippen molar-refractivity contribution in [3.63, 3.8) is 0 Å². The number of rotatable bonds is 11. The minimum atomic E-state index is -0.0745. The van der Waals surface area contributed by atoms with Crippen molar-refractivity contribution in [1.29, 1.82) is 0 Å². The van der Waals surface area contributed by atoms with Gasteiger partial charge in [-0.1, -0.05) is 31.2 Å². The lowest BCUT2D eigenvalue weighted by molar-refractivity contribution is 0.0468. The van der Waals surface area contributed by atoms with Crippen LogP contribution in [0.1, 0.15) is 46.0 Å². The summed E-state index contributed by atoms with van der Waals surface area (Å²) in [7, 11) is 2.03. The summed E-state index contributed by atoms with van der Waals surface area (Å²) in [6.07, 6.45) is 5.34. The van der Waals surface area contributed by atoms with Gasteiger partial charge in [0.1, 0.15) is 0 Å². The lowest BCUT2D eigenvalue weighted by Gasteiger charge is -2.41. The second kappa shape index (κ2) is 11.9. The van der Waals surface area contributed by atoms with Crippen molar-refractivity contribution in [2.45, 2.75) is 26.2 Å². The van der Waals surface area contributed by atoms with E-state index < -0.39 is 0 Å². The zero-order valence-electron chi connectivity index (χ0n) is 21.3. The van der Waals surface area contributed by atoms with Gasteiger partial charge in [-0.05, 0) is 66.3 Å². The maximum atomic E-state index is 12.9. The van der Waals surface area contributed by atoms with E-state index in [9.17, 15) is 9.59 Å². The molecule has 1 N–H and O–H groups in total. The van der Waals surface area contributed by atoms with E-state index >= 15 is 0 Å². The van der Waals surface area contributed by atoms with Crippen LogP contribution < -0.4 is 15.8 Å². The predicted molar refractivity (Wildman–Crippen MR) is 144 cm³/mol. The van der Waals surface area contributed by atoms with Crippen molar-refractivity contribution in [2.24, 2.45) is 11.8 Å². The van der Waals surface area contributed by atoms with Gasteiger partial charge in [0.15, 0.2) is 0 Å². The molecule has 0 atom stereocenters. The largest absolute Gasteiger partial charge is 0.380 e. The van der Waals surface area contributed by atoms with Crippen molar-refractivity contribution in [1.82, 2.24) is 15.1 Å². The summed E-state index contributed by atoms with van der Waals surface area (Å²) in [5.74, 6) is 1.08. The smallest absolute Gasteiger partial charge is 0.253 e. The first-order valence-corrected chi connectivity index (χ1v) is 13.2. The molecule has 2 aliphatic rings. The van der Waals surface area contributed by atoms with E-state index in [2.05, 4.69) is 29.9 Å². The van der Waals surface area contributed by atoms with Crippen LogP contribution >= 0.6 is 11.6 Å². The SMILES string of the molecule is C=c1ccc(C(=O)NCCOCC2CC2)c(CC)/c1=C/N(C)CC1CN(C(=O)c2ccc(Cl)cc2)C1. The number of benzene rings is 2. The maximum Gasteiger partial charge on any atom is 0.253 e. The zero-order chi connectivity index (χ0) is 25.7. The monoisotopic (exact) mass is 509 g/mol. The van der Waals surface area contributed by atoms with Crippen LogP contribution in [-0.2, 0) is 11.2 Å². The topological polar surface area (TPSA) is 61.9 Å². The number of nitrogens with zero attached hydrogens (tertiary/aromatic N) is 2. The van der Waals surface area contributed by atoms with Crippen LogP contribution in [0.2, 0.25) is 5.02 Å². The highest BCUT2D eigenvalue weighted by atomic mass is 35.5. The van der Waals surface area contributed by atoms with Gasteiger partial charge in [0, 0.05) is 73.3 Å². The van der Waals surface area contributed by atoms with Crippen molar-refractivity contribution in [2.75, 3.05) is 46.4 Å². The van der Waals surface area contributed by atoms with Crippen molar-refractivity contribution >= 4 is 36.2 Å². The fourth-order valence-electron chi connectivity index (χ4n) is 4.64. The Morgan fingerprint density at radius 1 is 1.17 bits per heavy atom. The highest BCUT2D eigenvalue weighted by molar-refractivity contribution is 6.30. The molecule has 0 radical (unpaired) electrons. The molecule has 2 amide bonds. The molecule has 0 bridgehead atoms. The molecule has 7 heteroatoms. The lowest BCUT2D eigenvalue weighted by Crippen LogP contribution is -2.53. The Morgan fingerprint density at radius 3 is 2.56 bits per heavy atom. The summed E-state index contributed by atoms with van der Waals surface area (Å²) in [6, 6.07) is 10.8. The van der Waals surface area contributed by atoms with Crippen LogP contribution in [0.5, 0.6) is 0 Å². The van der Waals surface area contributed by atoms with E-state index in [0.717, 1.165) is 54.6 Å². The molecule has 4 rings (SSSR count). The summed E-state index contributed by atoms with van der Waals surface area (Å²) >= 11 is 5.93. The van der Waals surface area contributed by atoms with Gasteiger partial charge in [-0.15, -0.1) is 0 Å². The Balaban J connectivity index is 1.34. The molecule has 1 saturated heterocycles. The molecule has 192 valence electrons. The van der Waals surface area contributed by atoms with E-state index in [1.165, 1.54) is 12.8 Å². The molecule has 6 nitrogen and oxygen atoms in total. The minimum Gasteiger partial charge on any atom is -0.380 e. The average molecular weight is 510 g/mol. The summed E-state index contributed by atoms with van der Waals surface area (Å²) in [5, 5.41) is 5.51. The van der Waals surface area contributed by atoms with Gasteiger partial charge in [0.05, 0.1) is 6.61 Å². The molecule has 2 aromatic carbocycles.